The lowest BCUT2D eigenvalue weighted by Crippen LogP contribution is -2.35. The second kappa shape index (κ2) is 7.43. The lowest BCUT2D eigenvalue weighted by atomic mass is 9.93. The van der Waals surface area contributed by atoms with E-state index in [1.807, 2.05) is 0 Å². The molecular formula is C16H26N4O4S. The second-order valence-corrected chi connectivity index (χ2v) is 9.31. The van der Waals surface area contributed by atoms with Gasteiger partial charge in [0.05, 0.1) is 18.5 Å². The van der Waals surface area contributed by atoms with Gasteiger partial charge in [0, 0.05) is 57.0 Å². The molecule has 0 unspecified atom stereocenters. The van der Waals surface area contributed by atoms with Crippen molar-refractivity contribution in [1.29, 1.82) is 0 Å². The number of nitrogens with zero attached hydrogens (tertiary/aromatic N) is 3. The maximum Gasteiger partial charge on any atom is 0.269 e. The quantitative estimate of drug-likeness (QED) is 0.698. The summed E-state index contributed by atoms with van der Waals surface area (Å²) in [6.45, 7) is 5.04. The number of hydrogen-bond acceptors (Lipinski definition) is 6. The SMILES string of the molecule is CCS(=O)(=O)CCN1C[C@@H]2[C@H](CNC(=O)c3ccnn3C)CO[C@@H]2C1. The van der Waals surface area contributed by atoms with Crippen molar-refractivity contribution in [3.63, 3.8) is 0 Å². The number of ether oxygens (including phenoxy) is 1. The topological polar surface area (TPSA) is 93.5 Å². The van der Waals surface area contributed by atoms with E-state index in [0.29, 0.717) is 31.3 Å². The number of hydrogen-bond donors (Lipinski definition) is 1. The van der Waals surface area contributed by atoms with Crippen molar-refractivity contribution < 1.29 is 17.9 Å². The van der Waals surface area contributed by atoms with Gasteiger partial charge in [-0.2, -0.15) is 5.10 Å². The van der Waals surface area contributed by atoms with Crippen molar-refractivity contribution in [3.05, 3.63) is 18.0 Å². The van der Waals surface area contributed by atoms with E-state index in [4.69, 9.17) is 4.74 Å². The second-order valence-electron chi connectivity index (χ2n) is 6.84. The molecule has 3 rings (SSSR count). The number of rotatable bonds is 7. The summed E-state index contributed by atoms with van der Waals surface area (Å²) in [4.78, 5) is 14.4. The van der Waals surface area contributed by atoms with Crippen LogP contribution in [0.2, 0.25) is 0 Å². The number of aryl methyl sites for hydroxylation is 1. The van der Waals surface area contributed by atoms with Crippen LogP contribution >= 0.6 is 0 Å². The fourth-order valence-electron chi connectivity index (χ4n) is 3.60. The van der Waals surface area contributed by atoms with Crippen molar-refractivity contribution in [2.45, 2.75) is 13.0 Å². The highest BCUT2D eigenvalue weighted by molar-refractivity contribution is 7.91. The van der Waals surface area contributed by atoms with E-state index in [0.717, 1.165) is 13.1 Å². The Hall–Kier alpha value is -1.45. The largest absolute Gasteiger partial charge is 0.376 e. The first kappa shape index (κ1) is 18.3. The predicted octanol–water partition coefficient (Wildman–Crippen LogP) is -0.469. The maximum atomic E-state index is 12.2. The summed E-state index contributed by atoms with van der Waals surface area (Å²) in [5.74, 6) is 0.857. The Bertz CT molecular complexity index is 717. The zero-order valence-electron chi connectivity index (χ0n) is 14.7. The molecule has 0 radical (unpaired) electrons. The Kier molecular flexibility index (Phi) is 5.45. The highest BCUT2D eigenvalue weighted by Gasteiger charge is 2.43. The zero-order valence-corrected chi connectivity index (χ0v) is 15.5. The van der Waals surface area contributed by atoms with Gasteiger partial charge in [-0.15, -0.1) is 0 Å². The molecule has 1 N–H and O–H groups in total. The van der Waals surface area contributed by atoms with Gasteiger partial charge in [0.25, 0.3) is 5.91 Å². The Morgan fingerprint density at radius 2 is 2.24 bits per heavy atom. The van der Waals surface area contributed by atoms with Crippen molar-refractivity contribution in [2.75, 3.05) is 44.3 Å². The van der Waals surface area contributed by atoms with E-state index in [1.165, 1.54) is 0 Å². The molecule has 3 heterocycles. The lowest BCUT2D eigenvalue weighted by Gasteiger charge is -2.19. The summed E-state index contributed by atoms with van der Waals surface area (Å²) in [5, 5.41) is 6.97. The van der Waals surface area contributed by atoms with Crippen molar-refractivity contribution in [1.82, 2.24) is 20.0 Å². The molecule has 2 aliphatic heterocycles. The Balaban J connectivity index is 1.49. The Morgan fingerprint density at radius 1 is 1.44 bits per heavy atom. The first-order valence-electron chi connectivity index (χ1n) is 8.70. The van der Waals surface area contributed by atoms with E-state index in [1.54, 1.807) is 30.9 Å². The van der Waals surface area contributed by atoms with Gasteiger partial charge >= 0.3 is 0 Å². The minimum atomic E-state index is -2.94. The van der Waals surface area contributed by atoms with Crippen molar-refractivity contribution in [2.24, 2.45) is 18.9 Å². The third-order valence-electron chi connectivity index (χ3n) is 5.25. The van der Waals surface area contributed by atoms with Gasteiger partial charge in [0.2, 0.25) is 0 Å². The molecule has 2 fully saturated rings. The lowest BCUT2D eigenvalue weighted by molar-refractivity contribution is 0.0907. The first-order valence-corrected chi connectivity index (χ1v) is 10.5. The standard InChI is InChI=1S/C16H26N4O4S/c1-3-25(22,23)7-6-20-9-13-12(11-24-15(13)10-20)8-17-16(21)14-4-5-18-19(14)2/h4-5,12-13,15H,3,6-11H2,1-2H3,(H,17,21)/t12-,13-,15-/m1/s1. The molecule has 1 amide bonds. The van der Waals surface area contributed by atoms with E-state index >= 15 is 0 Å². The van der Waals surface area contributed by atoms with E-state index in [-0.39, 0.29) is 29.4 Å². The average Bonchev–Trinajstić information content (AvgIpc) is 3.26. The van der Waals surface area contributed by atoms with Crippen LogP contribution < -0.4 is 5.32 Å². The molecular weight excluding hydrogens is 344 g/mol. The highest BCUT2D eigenvalue weighted by Crippen LogP contribution is 2.33. The number of aromatic nitrogens is 2. The monoisotopic (exact) mass is 370 g/mol. The fourth-order valence-corrected chi connectivity index (χ4v) is 4.42. The molecule has 8 nitrogen and oxygen atoms in total. The van der Waals surface area contributed by atoms with E-state index in [2.05, 4.69) is 15.3 Å². The van der Waals surface area contributed by atoms with Crippen LogP contribution in [-0.2, 0) is 21.6 Å². The van der Waals surface area contributed by atoms with Crippen LogP contribution in [0.15, 0.2) is 12.3 Å². The van der Waals surface area contributed by atoms with Gasteiger partial charge in [0.1, 0.15) is 5.69 Å². The predicted molar refractivity (Wildman–Crippen MR) is 93.0 cm³/mol. The summed E-state index contributed by atoms with van der Waals surface area (Å²) in [7, 11) is -1.20. The number of nitrogens with one attached hydrogen (secondary N) is 1. The molecule has 0 spiro atoms. The molecule has 3 atom stereocenters. The number of likely N-dealkylation sites (tertiary alicyclic amines) is 1. The molecule has 25 heavy (non-hydrogen) atoms. The summed E-state index contributed by atoms with van der Waals surface area (Å²) < 4.78 is 30.8. The number of sulfone groups is 1. The average molecular weight is 370 g/mol. The van der Waals surface area contributed by atoms with Crippen LogP contribution in [0.3, 0.4) is 0 Å². The molecule has 1 aromatic heterocycles. The van der Waals surface area contributed by atoms with Gasteiger partial charge in [-0.1, -0.05) is 6.92 Å². The molecule has 9 heteroatoms. The van der Waals surface area contributed by atoms with Crippen molar-refractivity contribution >= 4 is 15.7 Å². The van der Waals surface area contributed by atoms with E-state index in [9.17, 15) is 13.2 Å². The Morgan fingerprint density at radius 3 is 2.92 bits per heavy atom. The van der Waals surface area contributed by atoms with Gasteiger partial charge in [-0.25, -0.2) is 8.42 Å². The first-order chi connectivity index (χ1) is 11.9. The normalized spacial score (nSPS) is 26.7. The molecule has 0 aromatic carbocycles. The summed E-state index contributed by atoms with van der Waals surface area (Å²) in [6, 6.07) is 1.69. The molecule has 0 aliphatic carbocycles. The van der Waals surface area contributed by atoms with Crippen LogP contribution in [0.5, 0.6) is 0 Å². The summed E-state index contributed by atoms with van der Waals surface area (Å²) >= 11 is 0. The number of carbonyl (C=O) groups excluding carboxylic acids is 1. The van der Waals surface area contributed by atoms with Gasteiger partial charge in [0.15, 0.2) is 9.84 Å². The minimum absolute atomic E-state index is 0.132. The highest BCUT2D eigenvalue weighted by atomic mass is 32.2. The number of fused-ring (bicyclic) bond motifs is 1. The fraction of sp³-hybridized carbons (Fsp3) is 0.750. The third kappa shape index (κ3) is 4.21. The molecule has 0 bridgehead atoms. The smallest absolute Gasteiger partial charge is 0.269 e. The molecule has 2 aliphatic rings. The molecule has 2 saturated heterocycles. The molecule has 1 aromatic rings. The van der Waals surface area contributed by atoms with Crippen molar-refractivity contribution in [3.8, 4) is 0 Å². The third-order valence-corrected chi connectivity index (χ3v) is 6.94. The minimum Gasteiger partial charge on any atom is -0.376 e. The zero-order chi connectivity index (χ0) is 18.0. The molecule has 0 saturated carbocycles. The maximum absolute atomic E-state index is 12.2. The van der Waals surface area contributed by atoms with Crippen LogP contribution in [0.4, 0.5) is 0 Å². The summed E-state index contributed by atoms with van der Waals surface area (Å²) in [6.07, 6.45) is 1.74. The number of carbonyl (C=O) groups is 1. The van der Waals surface area contributed by atoms with Gasteiger partial charge in [-0.3, -0.25) is 14.4 Å². The summed E-state index contributed by atoms with van der Waals surface area (Å²) in [5.41, 5.74) is 0.535. The van der Waals surface area contributed by atoms with Gasteiger partial charge < -0.3 is 10.1 Å². The van der Waals surface area contributed by atoms with Crippen LogP contribution in [0.1, 0.15) is 17.4 Å². The number of amides is 1. The van der Waals surface area contributed by atoms with E-state index < -0.39 is 9.84 Å². The molecule has 140 valence electrons. The van der Waals surface area contributed by atoms with Gasteiger partial charge in [-0.05, 0) is 6.07 Å². The Labute approximate surface area is 148 Å². The van der Waals surface area contributed by atoms with Crippen LogP contribution in [-0.4, -0.2) is 79.4 Å². The van der Waals surface area contributed by atoms with Crippen LogP contribution in [0, 0.1) is 11.8 Å². The van der Waals surface area contributed by atoms with Crippen LogP contribution in [0.25, 0.3) is 0 Å².